The van der Waals surface area contributed by atoms with Crippen molar-refractivity contribution in [3.8, 4) is 11.6 Å². The predicted molar refractivity (Wildman–Crippen MR) is 209 cm³/mol. The van der Waals surface area contributed by atoms with Gasteiger partial charge in [-0.25, -0.2) is 32.5 Å². The number of aromatic nitrogens is 6. The molecule has 2 N–H and O–H groups in total. The van der Waals surface area contributed by atoms with Crippen LogP contribution in [0.25, 0.3) is 10.9 Å². The molecule has 1 saturated carbocycles. The number of carbonyl (C=O) groups excluding carboxylic acids is 1. The van der Waals surface area contributed by atoms with Gasteiger partial charge in [0.05, 0.1) is 43.6 Å². The SMILES string of the molecule is CC(OC(=O)NS(=O)(=O)c1cnc2cc(N3CCOCC3)nc(OC3CCC(Nc4ncc(OCCN5CCN(C)CC5)cn4)CC3)c2c1)c1cnc([N+](=O)[O-])n1C. The molecular weight excluding hydrogens is 777 g/mol. The number of rotatable bonds is 14. The minimum atomic E-state index is -4.49. The molecule has 6 heterocycles. The molecule has 1 aliphatic carbocycles. The lowest BCUT2D eigenvalue weighted by Gasteiger charge is -2.32. The van der Waals surface area contributed by atoms with E-state index in [-0.39, 0.29) is 28.6 Å². The Balaban J connectivity index is 0.984. The number of nitro groups is 1. The first-order chi connectivity index (χ1) is 27.9. The van der Waals surface area contributed by atoms with E-state index in [0.29, 0.717) is 74.2 Å². The molecule has 2 saturated heterocycles. The number of fused-ring (bicyclic) bond motifs is 1. The van der Waals surface area contributed by atoms with E-state index in [4.69, 9.17) is 23.9 Å². The molecule has 0 spiro atoms. The fourth-order valence-corrected chi connectivity index (χ4v) is 7.97. The van der Waals surface area contributed by atoms with Gasteiger partial charge in [0.1, 0.15) is 29.6 Å². The van der Waals surface area contributed by atoms with Gasteiger partial charge in [-0.3, -0.25) is 9.88 Å². The van der Waals surface area contributed by atoms with Crippen molar-refractivity contribution in [1.29, 1.82) is 0 Å². The van der Waals surface area contributed by atoms with Crippen LogP contribution >= 0.6 is 0 Å². The maximum absolute atomic E-state index is 13.4. The van der Waals surface area contributed by atoms with E-state index in [1.165, 1.54) is 26.2 Å². The van der Waals surface area contributed by atoms with Crippen molar-refractivity contribution in [2.75, 3.05) is 82.9 Å². The molecule has 58 heavy (non-hydrogen) atoms. The van der Waals surface area contributed by atoms with E-state index in [1.54, 1.807) is 18.5 Å². The second-order valence-electron chi connectivity index (χ2n) is 14.5. The molecule has 0 bridgehead atoms. The van der Waals surface area contributed by atoms with Gasteiger partial charge in [0.15, 0.2) is 17.5 Å². The number of carbonyl (C=O) groups is 1. The van der Waals surface area contributed by atoms with Gasteiger partial charge in [-0.15, -0.1) is 0 Å². The molecule has 4 aromatic rings. The number of amides is 1. The third-order valence-electron chi connectivity index (χ3n) is 10.5. The van der Waals surface area contributed by atoms with E-state index >= 15 is 0 Å². The number of imidazole rings is 1. The van der Waals surface area contributed by atoms with E-state index in [1.807, 2.05) is 4.72 Å². The summed E-state index contributed by atoms with van der Waals surface area (Å²) in [6, 6.07) is 3.25. The molecule has 4 aromatic heterocycles. The quantitative estimate of drug-likeness (QED) is 0.137. The summed E-state index contributed by atoms with van der Waals surface area (Å²) in [5.41, 5.74) is 0.652. The molecule has 1 amide bonds. The molecule has 1 unspecified atom stereocenters. The number of nitrogens with one attached hydrogen (secondary N) is 2. The summed E-state index contributed by atoms with van der Waals surface area (Å²) in [5.74, 6) is 1.54. The number of piperazine rings is 1. The Kier molecular flexibility index (Phi) is 12.6. The zero-order valence-corrected chi connectivity index (χ0v) is 33.5. The maximum atomic E-state index is 13.4. The van der Waals surface area contributed by atoms with Crippen molar-refractivity contribution in [3.05, 3.63) is 52.7 Å². The third-order valence-corrected chi connectivity index (χ3v) is 11.8. The number of hydrogen-bond acceptors (Lipinski definition) is 18. The van der Waals surface area contributed by atoms with Crippen molar-refractivity contribution in [2.24, 2.45) is 7.05 Å². The van der Waals surface area contributed by atoms with Gasteiger partial charge in [0.2, 0.25) is 11.8 Å². The van der Waals surface area contributed by atoms with Gasteiger partial charge in [-0.2, -0.15) is 4.98 Å². The van der Waals surface area contributed by atoms with Gasteiger partial charge in [-0.05, 0) is 50.6 Å². The zero-order chi connectivity index (χ0) is 40.8. The normalized spacial score (nSPS) is 20.0. The van der Waals surface area contributed by atoms with Crippen LogP contribution in [0, 0.1) is 10.1 Å². The molecule has 0 radical (unpaired) electrons. The van der Waals surface area contributed by atoms with Crippen molar-refractivity contribution < 1.29 is 37.1 Å². The smallest absolute Gasteiger partial charge is 0.434 e. The predicted octanol–water partition coefficient (Wildman–Crippen LogP) is 2.50. The number of nitrogens with zero attached hydrogens (tertiary/aromatic N) is 10. The average Bonchev–Trinajstić information content (AvgIpc) is 3.61. The number of morpholine rings is 1. The molecule has 1 atom stereocenters. The first kappa shape index (κ1) is 40.7. The Bertz CT molecular complexity index is 2170. The Morgan fingerprint density at radius 2 is 1.71 bits per heavy atom. The second kappa shape index (κ2) is 18.0. The largest absolute Gasteiger partial charge is 0.489 e. The Morgan fingerprint density at radius 3 is 2.40 bits per heavy atom. The molecule has 7 rings (SSSR count). The van der Waals surface area contributed by atoms with E-state index in [9.17, 15) is 23.3 Å². The highest BCUT2D eigenvalue weighted by Gasteiger charge is 2.29. The molecule has 312 valence electrons. The molecule has 2 aliphatic heterocycles. The van der Waals surface area contributed by atoms with Gasteiger partial charge >= 0.3 is 12.0 Å². The summed E-state index contributed by atoms with van der Waals surface area (Å²) in [6.45, 7) is 9.37. The van der Waals surface area contributed by atoms with Crippen LogP contribution in [-0.4, -0.2) is 144 Å². The Morgan fingerprint density at radius 1 is 0.983 bits per heavy atom. The summed E-state index contributed by atoms with van der Waals surface area (Å²) in [4.78, 5) is 51.6. The standard InChI is InChI=1S/C36H48N12O9S/c1-24(31-23-40-35(45(31)3)48(50)51)56-36(49)43-58(52,53)28-18-29-30(37-22-28)19-32(47-13-15-54-16-14-47)42-33(29)57-26-6-4-25(5-7-26)41-34-38-20-27(21-39-34)55-17-12-46-10-8-44(2)9-11-46/h18-26H,4-17H2,1-3H3,(H,43,49)(H,38,39,41). The van der Waals surface area contributed by atoms with Crippen molar-refractivity contribution in [2.45, 2.75) is 55.8 Å². The van der Waals surface area contributed by atoms with Crippen molar-refractivity contribution in [1.82, 2.24) is 44.0 Å². The summed E-state index contributed by atoms with van der Waals surface area (Å²) >= 11 is 0. The van der Waals surface area contributed by atoms with Crippen LogP contribution in [0.1, 0.15) is 44.4 Å². The Hall–Kier alpha value is -5.45. The topological polar surface area (TPSA) is 234 Å². The highest BCUT2D eigenvalue weighted by Crippen LogP contribution is 2.33. The Labute approximate surface area is 335 Å². The fourth-order valence-electron chi connectivity index (χ4n) is 7.12. The van der Waals surface area contributed by atoms with Crippen LogP contribution in [0.4, 0.5) is 22.5 Å². The first-order valence-electron chi connectivity index (χ1n) is 19.2. The lowest BCUT2D eigenvalue weighted by molar-refractivity contribution is -0.396. The van der Waals surface area contributed by atoms with Gasteiger partial charge in [0.25, 0.3) is 10.0 Å². The summed E-state index contributed by atoms with van der Waals surface area (Å²) in [6.07, 6.45) is 6.05. The van der Waals surface area contributed by atoms with Crippen LogP contribution in [0.2, 0.25) is 0 Å². The monoisotopic (exact) mass is 824 g/mol. The molecular formula is C36H48N12O9S. The number of hydrogen-bond donors (Lipinski definition) is 2. The minimum Gasteiger partial charge on any atom is -0.489 e. The summed E-state index contributed by atoms with van der Waals surface area (Å²) in [7, 11) is -0.964. The molecule has 22 heteroatoms. The number of likely N-dealkylation sites (N-methyl/N-ethyl adjacent to an activating group) is 1. The van der Waals surface area contributed by atoms with Gasteiger partial charge in [-0.1, -0.05) is 4.98 Å². The minimum absolute atomic E-state index is 0.119. The lowest BCUT2D eigenvalue weighted by Crippen LogP contribution is -2.45. The number of ether oxygens (including phenoxy) is 4. The molecule has 21 nitrogen and oxygen atoms in total. The maximum Gasteiger partial charge on any atom is 0.434 e. The van der Waals surface area contributed by atoms with E-state index in [0.717, 1.165) is 56.3 Å². The number of anilines is 2. The van der Waals surface area contributed by atoms with Gasteiger partial charge < -0.3 is 44.2 Å². The first-order valence-corrected chi connectivity index (χ1v) is 20.7. The van der Waals surface area contributed by atoms with Crippen LogP contribution in [0.15, 0.2) is 41.8 Å². The van der Waals surface area contributed by atoms with Crippen LogP contribution < -0.4 is 24.4 Å². The number of pyridine rings is 2. The molecule has 0 aromatic carbocycles. The lowest BCUT2D eigenvalue weighted by atomic mass is 9.93. The van der Waals surface area contributed by atoms with Crippen LogP contribution in [-0.2, 0) is 26.5 Å². The molecule has 3 aliphatic rings. The van der Waals surface area contributed by atoms with Gasteiger partial charge in [0, 0.05) is 64.1 Å². The zero-order valence-electron chi connectivity index (χ0n) is 32.7. The van der Waals surface area contributed by atoms with E-state index < -0.39 is 33.1 Å². The summed E-state index contributed by atoms with van der Waals surface area (Å²) < 4.78 is 53.1. The highest BCUT2D eigenvalue weighted by atomic mass is 32.2. The fraction of sp³-hybridized carbons (Fsp3) is 0.556. The molecule has 3 fully saturated rings. The summed E-state index contributed by atoms with van der Waals surface area (Å²) in [5, 5.41) is 15.0. The third kappa shape index (κ3) is 9.97. The average molecular weight is 825 g/mol. The van der Waals surface area contributed by atoms with Crippen LogP contribution in [0.5, 0.6) is 11.6 Å². The highest BCUT2D eigenvalue weighted by molar-refractivity contribution is 7.90. The van der Waals surface area contributed by atoms with Crippen LogP contribution in [0.3, 0.4) is 0 Å². The van der Waals surface area contributed by atoms with Crippen molar-refractivity contribution >= 4 is 44.7 Å². The van der Waals surface area contributed by atoms with Crippen molar-refractivity contribution in [3.63, 3.8) is 0 Å². The second-order valence-corrected chi connectivity index (χ2v) is 16.2. The number of sulfonamides is 1. The van der Waals surface area contributed by atoms with E-state index in [2.05, 4.69) is 47.0 Å².